The maximum Gasteiger partial charge on any atom is 0.407 e. The van der Waals surface area contributed by atoms with E-state index in [9.17, 15) is 19.0 Å². The van der Waals surface area contributed by atoms with Gasteiger partial charge >= 0.3 is 6.09 Å². The van der Waals surface area contributed by atoms with Crippen molar-refractivity contribution in [2.45, 2.75) is 44.8 Å². The molecule has 0 aliphatic carbocycles. The molecule has 7 heteroatoms. The maximum atomic E-state index is 11.4. The Bertz CT molecular complexity index is 303. The van der Waals surface area contributed by atoms with Crippen LogP contribution in [0.1, 0.15) is 33.6 Å². The van der Waals surface area contributed by atoms with E-state index in [2.05, 4.69) is 5.32 Å². The summed E-state index contributed by atoms with van der Waals surface area (Å²) in [6.45, 7) is 5.35. The number of amides is 1. The van der Waals surface area contributed by atoms with Crippen LogP contribution in [-0.4, -0.2) is 49.6 Å². The minimum atomic E-state index is -2.53. The summed E-state index contributed by atoms with van der Waals surface area (Å²) in [7, 11) is -2.53. The lowest BCUT2D eigenvalue weighted by Crippen LogP contribution is -2.48. The molecule has 1 rings (SSSR count). The van der Waals surface area contributed by atoms with Crippen molar-refractivity contribution in [3.8, 4) is 0 Å². The second-order valence-corrected chi connectivity index (χ2v) is 8.21. The Morgan fingerprint density at radius 1 is 1.33 bits per heavy atom. The first-order valence-electron chi connectivity index (χ1n) is 5.94. The zero-order valence-corrected chi connectivity index (χ0v) is 11.9. The lowest BCUT2D eigenvalue weighted by Gasteiger charge is -2.43. The van der Waals surface area contributed by atoms with E-state index in [4.69, 9.17) is 4.74 Å². The molecule has 1 fully saturated rings. The number of hydrogen-bond donors (Lipinski definition) is 4. The molecule has 6 nitrogen and oxygen atoms in total. The van der Waals surface area contributed by atoms with Gasteiger partial charge in [0.1, 0.15) is 5.60 Å². The number of carbonyl (C=O) groups excluding carboxylic acids is 1. The lowest BCUT2D eigenvalue weighted by molar-refractivity contribution is 0.0169. The van der Waals surface area contributed by atoms with Gasteiger partial charge in [-0.25, -0.2) is 4.79 Å². The summed E-state index contributed by atoms with van der Waals surface area (Å²) in [5.41, 5.74) is -1.65. The molecule has 1 amide bonds. The van der Waals surface area contributed by atoms with Crippen LogP contribution in [0.5, 0.6) is 0 Å². The first-order valence-corrected chi connectivity index (χ1v) is 7.83. The van der Waals surface area contributed by atoms with Gasteiger partial charge in [-0.3, -0.25) is 9.11 Å². The maximum absolute atomic E-state index is 11.4. The molecular weight excluding hydrogens is 258 g/mol. The molecule has 0 saturated carbocycles. The van der Waals surface area contributed by atoms with Gasteiger partial charge in [0.25, 0.3) is 0 Å². The monoisotopic (exact) mass is 281 g/mol. The Balaban J connectivity index is 2.37. The van der Waals surface area contributed by atoms with Gasteiger partial charge in [-0.1, -0.05) is 0 Å². The van der Waals surface area contributed by atoms with Gasteiger partial charge in [0, 0.05) is 18.1 Å². The van der Waals surface area contributed by atoms with Gasteiger partial charge in [-0.2, -0.15) is 10.6 Å². The van der Waals surface area contributed by atoms with Gasteiger partial charge < -0.3 is 15.2 Å². The van der Waals surface area contributed by atoms with Gasteiger partial charge in [0.2, 0.25) is 0 Å². The number of aliphatic hydroxyl groups is 1. The zero-order valence-electron chi connectivity index (χ0n) is 11.1. The van der Waals surface area contributed by atoms with Gasteiger partial charge in [0.15, 0.2) is 0 Å². The number of hydrogen-bond acceptors (Lipinski definition) is 5. The number of carbonyl (C=O) groups is 1. The molecule has 0 spiro atoms. The predicted molar refractivity (Wildman–Crippen MR) is 71.0 cm³/mol. The molecular formula is C11H23NO5S. The van der Waals surface area contributed by atoms with E-state index in [0.717, 1.165) is 0 Å². The zero-order chi connectivity index (χ0) is 14.0. The topological polar surface area (TPSA) is 99.0 Å². The SMILES string of the molecule is CC(C)(C)OC(=O)NCC1(O)CCS(O)(O)CC1. The second kappa shape index (κ2) is 5.24. The minimum Gasteiger partial charge on any atom is -0.444 e. The van der Waals surface area contributed by atoms with E-state index in [1.165, 1.54) is 0 Å². The Labute approximate surface area is 109 Å². The lowest BCUT2D eigenvalue weighted by atomic mass is 9.97. The summed E-state index contributed by atoms with van der Waals surface area (Å²) in [6, 6.07) is 0. The van der Waals surface area contributed by atoms with Crippen molar-refractivity contribution >= 4 is 16.7 Å². The minimum absolute atomic E-state index is 0.0669. The van der Waals surface area contributed by atoms with E-state index >= 15 is 0 Å². The molecule has 0 aromatic carbocycles. The normalized spacial score (nSPS) is 24.1. The fourth-order valence-electron chi connectivity index (χ4n) is 1.66. The van der Waals surface area contributed by atoms with Crippen LogP contribution >= 0.6 is 10.6 Å². The third-order valence-corrected chi connectivity index (χ3v) is 4.47. The van der Waals surface area contributed by atoms with Crippen LogP contribution in [0.2, 0.25) is 0 Å². The molecule has 1 aliphatic heterocycles. The third kappa shape index (κ3) is 5.43. The van der Waals surface area contributed by atoms with Crippen molar-refractivity contribution in [2.24, 2.45) is 0 Å². The van der Waals surface area contributed by atoms with E-state index in [-0.39, 0.29) is 30.9 Å². The smallest absolute Gasteiger partial charge is 0.407 e. The fraction of sp³-hybridized carbons (Fsp3) is 0.909. The molecule has 1 saturated heterocycles. The number of nitrogens with one attached hydrogen (secondary N) is 1. The van der Waals surface area contributed by atoms with Crippen molar-refractivity contribution in [1.82, 2.24) is 5.32 Å². The Morgan fingerprint density at radius 3 is 2.28 bits per heavy atom. The molecule has 0 bridgehead atoms. The van der Waals surface area contributed by atoms with E-state index in [0.29, 0.717) is 0 Å². The van der Waals surface area contributed by atoms with Crippen molar-refractivity contribution < 1.29 is 23.7 Å². The van der Waals surface area contributed by atoms with Crippen LogP contribution in [0, 0.1) is 0 Å². The standard InChI is InChI=1S/C11H23NO5S/c1-10(2,3)17-9(13)12-8-11(14)4-6-18(15,16)7-5-11/h14-16H,4-8H2,1-3H3,(H,12,13). The molecule has 4 N–H and O–H groups in total. The summed E-state index contributed by atoms with van der Waals surface area (Å²) in [5.74, 6) is 0.360. The number of ether oxygens (including phenoxy) is 1. The van der Waals surface area contributed by atoms with Crippen LogP contribution in [0.15, 0.2) is 0 Å². The highest BCUT2D eigenvalue weighted by molar-refractivity contribution is 8.24. The van der Waals surface area contributed by atoms with Crippen LogP contribution in [-0.2, 0) is 4.74 Å². The van der Waals surface area contributed by atoms with Crippen molar-refractivity contribution in [3.05, 3.63) is 0 Å². The van der Waals surface area contributed by atoms with Crippen LogP contribution in [0.3, 0.4) is 0 Å². The average molecular weight is 281 g/mol. The summed E-state index contributed by atoms with van der Waals surface area (Å²) >= 11 is 0. The van der Waals surface area contributed by atoms with E-state index in [1.807, 2.05) is 0 Å². The number of alkyl carbamates (subject to hydrolysis) is 1. The Kier molecular flexibility index (Phi) is 4.53. The molecule has 108 valence electrons. The van der Waals surface area contributed by atoms with Crippen LogP contribution in [0.4, 0.5) is 4.79 Å². The van der Waals surface area contributed by atoms with Crippen molar-refractivity contribution in [1.29, 1.82) is 0 Å². The molecule has 0 unspecified atom stereocenters. The highest BCUT2D eigenvalue weighted by Crippen LogP contribution is 2.46. The molecule has 0 radical (unpaired) electrons. The molecule has 0 aromatic rings. The Morgan fingerprint density at radius 2 is 1.83 bits per heavy atom. The molecule has 1 aliphatic rings. The highest BCUT2D eigenvalue weighted by atomic mass is 32.3. The largest absolute Gasteiger partial charge is 0.444 e. The van der Waals surface area contributed by atoms with Gasteiger partial charge in [-0.15, -0.1) is 0 Å². The van der Waals surface area contributed by atoms with Crippen LogP contribution < -0.4 is 5.32 Å². The second-order valence-electron chi connectivity index (χ2n) is 5.79. The fourth-order valence-corrected chi connectivity index (χ4v) is 3.28. The summed E-state index contributed by atoms with van der Waals surface area (Å²) in [4.78, 5) is 11.4. The summed E-state index contributed by atoms with van der Waals surface area (Å²) in [5, 5.41) is 12.7. The van der Waals surface area contributed by atoms with Crippen molar-refractivity contribution in [2.75, 3.05) is 18.1 Å². The average Bonchev–Trinajstić information content (AvgIpc) is 2.18. The van der Waals surface area contributed by atoms with Gasteiger partial charge in [-0.05, 0) is 33.6 Å². The third-order valence-electron chi connectivity index (χ3n) is 2.75. The number of rotatable bonds is 2. The first kappa shape index (κ1) is 15.6. The summed E-state index contributed by atoms with van der Waals surface area (Å²) in [6.07, 6.45) is -0.0379. The Hall–Kier alpha value is -0.500. The quantitative estimate of drug-likeness (QED) is 0.618. The van der Waals surface area contributed by atoms with Gasteiger partial charge in [0.05, 0.1) is 5.60 Å². The highest BCUT2D eigenvalue weighted by Gasteiger charge is 2.36. The van der Waals surface area contributed by atoms with E-state index in [1.54, 1.807) is 20.8 Å². The predicted octanol–water partition coefficient (Wildman–Crippen LogP) is 1.79. The first-order chi connectivity index (χ1) is 8.02. The molecule has 1 heterocycles. The molecule has 0 atom stereocenters. The van der Waals surface area contributed by atoms with Crippen molar-refractivity contribution in [3.63, 3.8) is 0 Å². The molecule has 0 aromatic heterocycles. The van der Waals surface area contributed by atoms with Crippen LogP contribution in [0.25, 0.3) is 0 Å². The summed E-state index contributed by atoms with van der Waals surface area (Å²) < 4.78 is 24.0. The molecule has 18 heavy (non-hydrogen) atoms. The van der Waals surface area contributed by atoms with E-state index < -0.39 is 27.9 Å².